The van der Waals surface area contributed by atoms with Crippen LogP contribution in [0.25, 0.3) is 11.0 Å². The van der Waals surface area contributed by atoms with E-state index in [0.29, 0.717) is 33.7 Å². The van der Waals surface area contributed by atoms with E-state index < -0.39 is 5.76 Å². The van der Waals surface area contributed by atoms with Crippen LogP contribution in [0.5, 0.6) is 0 Å². The minimum atomic E-state index is -2.44. The number of benzene rings is 2. The number of rotatable bonds is 6. The Labute approximate surface area is 135 Å². The highest BCUT2D eigenvalue weighted by atomic mass is 32.2. The van der Waals surface area contributed by atoms with Crippen molar-refractivity contribution in [3.8, 4) is 0 Å². The number of hydrogen-bond acceptors (Lipinski definition) is 4. The molecule has 0 aliphatic carbocycles. The standard InChI is InChI=1S/C17H13F2NO2S/c18-17(19)23-13-7-5-12(6-8-13)20-10-14(21)16-9-11-3-1-2-4-15(11)22-16/h1-9,17,20H,10H2. The van der Waals surface area contributed by atoms with E-state index in [0.717, 1.165) is 5.39 Å². The summed E-state index contributed by atoms with van der Waals surface area (Å²) in [7, 11) is 0. The average molecular weight is 333 g/mol. The molecule has 1 aromatic heterocycles. The zero-order chi connectivity index (χ0) is 16.2. The van der Waals surface area contributed by atoms with Crippen LogP contribution in [-0.4, -0.2) is 18.1 Å². The Kier molecular flexibility index (Phi) is 4.62. The first-order valence-electron chi connectivity index (χ1n) is 6.92. The number of carbonyl (C=O) groups excluding carboxylic acids is 1. The highest BCUT2D eigenvalue weighted by Crippen LogP contribution is 2.26. The second-order valence-corrected chi connectivity index (χ2v) is 5.89. The second kappa shape index (κ2) is 6.83. The van der Waals surface area contributed by atoms with E-state index in [1.807, 2.05) is 18.2 Å². The second-order valence-electron chi connectivity index (χ2n) is 4.83. The number of anilines is 1. The van der Waals surface area contributed by atoms with Crippen LogP contribution in [0.2, 0.25) is 0 Å². The fourth-order valence-corrected chi connectivity index (χ4v) is 2.64. The van der Waals surface area contributed by atoms with Gasteiger partial charge in [0.2, 0.25) is 5.78 Å². The Morgan fingerprint density at radius 2 is 1.87 bits per heavy atom. The summed E-state index contributed by atoms with van der Waals surface area (Å²) in [5.74, 6) is -2.32. The topological polar surface area (TPSA) is 42.2 Å². The number of para-hydroxylation sites is 1. The summed E-state index contributed by atoms with van der Waals surface area (Å²) in [5.41, 5.74) is 1.36. The first-order chi connectivity index (χ1) is 11.1. The van der Waals surface area contributed by atoms with Gasteiger partial charge in [0.1, 0.15) is 5.58 Å². The highest BCUT2D eigenvalue weighted by molar-refractivity contribution is 7.99. The molecule has 3 aromatic rings. The average Bonchev–Trinajstić information content (AvgIpc) is 2.97. The van der Waals surface area contributed by atoms with Crippen molar-refractivity contribution in [1.82, 2.24) is 0 Å². The third-order valence-electron chi connectivity index (χ3n) is 3.23. The highest BCUT2D eigenvalue weighted by Gasteiger charge is 2.12. The zero-order valence-corrected chi connectivity index (χ0v) is 12.8. The van der Waals surface area contributed by atoms with Gasteiger partial charge in [-0.2, -0.15) is 8.78 Å². The summed E-state index contributed by atoms with van der Waals surface area (Å²) in [6.45, 7) is 0.0706. The number of halogens is 2. The number of carbonyl (C=O) groups is 1. The lowest BCUT2D eigenvalue weighted by atomic mass is 10.2. The Morgan fingerprint density at radius 1 is 1.13 bits per heavy atom. The van der Waals surface area contributed by atoms with Crippen LogP contribution in [-0.2, 0) is 0 Å². The van der Waals surface area contributed by atoms with Crippen molar-refractivity contribution in [3.05, 3.63) is 60.4 Å². The number of thioether (sulfide) groups is 1. The fraction of sp³-hybridized carbons (Fsp3) is 0.118. The number of Topliss-reactive ketones (excluding diaryl/α,β-unsaturated/α-hetero) is 1. The molecule has 0 bridgehead atoms. The van der Waals surface area contributed by atoms with Gasteiger partial charge in [-0.1, -0.05) is 30.0 Å². The van der Waals surface area contributed by atoms with E-state index >= 15 is 0 Å². The molecule has 2 aromatic carbocycles. The molecule has 6 heteroatoms. The minimum Gasteiger partial charge on any atom is -0.453 e. The van der Waals surface area contributed by atoms with Crippen LogP contribution >= 0.6 is 11.8 Å². The quantitative estimate of drug-likeness (QED) is 0.507. The van der Waals surface area contributed by atoms with Crippen molar-refractivity contribution >= 4 is 34.2 Å². The summed E-state index contributed by atoms with van der Waals surface area (Å²) >= 11 is 0.488. The summed E-state index contributed by atoms with van der Waals surface area (Å²) in [6.07, 6.45) is 0. The molecule has 1 N–H and O–H groups in total. The lowest BCUT2D eigenvalue weighted by Gasteiger charge is -2.06. The number of furan rings is 1. The molecule has 0 unspecified atom stereocenters. The van der Waals surface area contributed by atoms with Gasteiger partial charge in [-0.15, -0.1) is 0 Å². The third kappa shape index (κ3) is 3.90. The first kappa shape index (κ1) is 15.6. The molecular formula is C17H13F2NO2S. The molecule has 0 atom stereocenters. The van der Waals surface area contributed by atoms with Crippen LogP contribution in [0.1, 0.15) is 10.6 Å². The van der Waals surface area contributed by atoms with Gasteiger partial charge in [0, 0.05) is 16.0 Å². The lowest BCUT2D eigenvalue weighted by Crippen LogP contribution is -2.13. The van der Waals surface area contributed by atoms with Gasteiger partial charge in [-0.05, 0) is 36.4 Å². The molecule has 1 heterocycles. The Balaban J connectivity index is 1.62. The van der Waals surface area contributed by atoms with Crippen LogP contribution in [0, 0.1) is 0 Å². The Bertz CT molecular complexity index is 782. The number of ketones is 1. The van der Waals surface area contributed by atoms with Crippen molar-refractivity contribution < 1.29 is 18.0 Å². The molecule has 3 rings (SSSR count). The molecule has 0 spiro atoms. The van der Waals surface area contributed by atoms with Crippen LogP contribution in [0.15, 0.2) is 63.9 Å². The van der Waals surface area contributed by atoms with Crippen molar-refractivity contribution in [2.45, 2.75) is 10.7 Å². The van der Waals surface area contributed by atoms with E-state index in [9.17, 15) is 13.6 Å². The largest absolute Gasteiger partial charge is 0.453 e. The van der Waals surface area contributed by atoms with Gasteiger partial charge in [0.05, 0.1) is 6.54 Å². The SMILES string of the molecule is O=C(CNc1ccc(SC(F)F)cc1)c1cc2ccccc2o1. The maximum atomic E-state index is 12.2. The van der Waals surface area contributed by atoms with Gasteiger partial charge >= 0.3 is 0 Å². The zero-order valence-electron chi connectivity index (χ0n) is 12.0. The monoisotopic (exact) mass is 333 g/mol. The maximum absolute atomic E-state index is 12.2. The molecule has 23 heavy (non-hydrogen) atoms. The lowest BCUT2D eigenvalue weighted by molar-refractivity contribution is 0.0982. The van der Waals surface area contributed by atoms with Gasteiger partial charge in [0.25, 0.3) is 5.76 Å². The minimum absolute atomic E-state index is 0.0706. The molecule has 0 fully saturated rings. The predicted octanol–water partition coefficient (Wildman–Crippen LogP) is 5.04. The summed E-state index contributed by atoms with van der Waals surface area (Å²) in [6, 6.07) is 15.6. The normalized spacial score (nSPS) is 11.1. The predicted molar refractivity (Wildman–Crippen MR) is 87.3 cm³/mol. The molecule has 3 nitrogen and oxygen atoms in total. The smallest absolute Gasteiger partial charge is 0.288 e. The maximum Gasteiger partial charge on any atom is 0.288 e. The van der Waals surface area contributed by atoms with Gasteiger partial charge < -0.3 is 9.73 Å². The third-order valence-corrected chi connectivity index (χ3v) is 3.96. The molecule has 0 saturated carbocycles. The van der Waals surface area contributed by atoms with Crippen LogP contribution in [0.4, 0.5) is 14.5 Å². The number of alkyl halides is 2. The van der Waals surface area contributed by atoms with Crippen molar-refractivity contribution in [3.63, 3.8) is 0 Å². The van der Waals surface area contributed by atoms with Gasteiger partial charge in [-0.25, -0.2) is 0 Å². The summed E-state index contributed by atoms with van der Waals surface area (Å²) < 4.78 is 30.0. The number of hydrogen-bond donors (Lipinski definition) is 1. The van der Waals surface area contributed by atoms with Crippen molar-refractivity contribution in [2.75, 3.05) is 11.9 Å². The van der Waals surface area contributed by atoms with Crippen molar-refractivity contribution in [2.24, 2.45) is 0 Å². The Hall–Kier alpha value is -2.34. The van der Waals surface area contributed by atoms with E-state index in [1.54, 1.807) is 36.4 Å². The number of nitrogens with one attached hydrogen (secondary N) is 1. The van der Waals surface area contributed by atoms with Crippen LogP contribution < -0.4 is 5.32 Å². The van der Waals surface area contributed by atoms with Crippen molar-refractivity contribution in [1.29, 1.82) is 0 Å². The Morgan fingerprint density at radius 3 is 2.57 bits per heavy atom. The van der Waals surface area contributed by atoms with E-state index in [2.05, 4.69) is 5.32 Å². The van der Waals surface area contributed by atoms with E-state index in [-0.39, 0.29) is 12.3 Å². The number of fused-ring (bicyclic) bond motifs is 1. The molecule has 0 radical (unpaired) electrons. The van der Waals surface area contributed by atoms with E-state index in [4.69, 9.17) is 4.42 Å². The molecule has 0 aliphatic rings. The molecule has 0 amide bonds. The van der Waals surface area contributed by atoms with Gasteiger partial charge in [-0.3, -0.25) is 4.79 Å². The van der Waals surface area contributed by atoms with Crippen LogP contribution in [0.3, 0.4) is 0 Å². The molecule has 118 valence electrons. The molecule has 0 aliphatic heterocycles. The fourth-order valence-electron chi connectivity index (χ4n) is 2.14. The van der Waals surface area contributed by atoms with E-state index in [1.165, 1.54) is 0 Å². The summed E-state index contributed by atoms with van der Waals surface area (Å²) in [5, 5.41) is 3.84. The molecule has 0 saturated heterocycles. The molecular weight excluding hydrogens is 320 g/mol. The summed E-state index contributed by atoms with van der Waals surface area (Å²) in [4.78, 5) is 12.6. The first-order valence-corrected chi connectivity index (χ1v) is 7.80. The van der Waals surface area contributed by atoms with Gasteiger partial charge in [0.15, 0.2) is 5.76 Å².